The van der Waals surface area contributed by atoms with E-state index in [9.17, 15) is 4.79 Å². The van der Waals surface area contributed by atoms with Crippen LogP contribution in [0, 0.1) is 6.92 Å². The lowest BCUT2D eigenvalue weighted by molar-refractivity contribution is -0.133. The molecule has 0 bridgehead atoms. The number of ether oxygens (including phenoxy) is 1. The predicted octanol–water partition coefficient (Wildman–Crippen LogP) is 2.32. The number of aliphatic carboxylic acids is 1. The summed E-state index contributed by atoms with van der Waals surface area (Å²) in [4.78, 5) is 10.8. The largest absolute Gasteiger partial charge is 0.495 e. The van der Waals surface area contributed by atoms with Crippen LogP contribution in [-0.2, 0) is 11.2 Å². The smallest absolute Gasteiger partial charge is 0.313 e. The van der Waals surface area contributed by atoms with Crippen LogP contribution in [0.4, 0.5) is 0 Å². The lowest BCUT2D eigenvalue weighted by Gasteiger charge is -2.13. The number of thioether (sulfide) groups is 1. The van der Waals surface area contributed by atoms with E-state index in [2.05, 4.69) is 10.2 Å². The van der Waals surface area contributed by atoms with Gasteiger partial charge in [-0.15, -0.1) is 10.2 Å². The van der Waals surface area contributed by atoms with E-state index in [4.69, 9.17) is 9.84 Å². The standard InChI is InChI=1S/C14H17N3O3S/c1-4-12-15-16-14(21-8-13(18)19)17(12)10-7-9(2)5-6-11(10)20-3/h5-7H,4,8H2,1-3H3,(H,18,19). The molecule has 2 rings (SSSR count). The van der Waals surface area contributed by atoms with E-state index in [1.807, 2.05) is 36.6 Å². The van der Waals surface area contributed by atoms with Crippen molar-refractivity contribution in [2.24, 2.45) is 0 Å². The molecule has 6 nitrogen and oxygen atoms in total. The second-order valence-corrected chi connectivity index (χ2v) is 5.39. The molecule has 0 spiro atoms. The Morgan fingerprint density at radius 2 is 2.19 bits per heavy atom. The maximum atomic E-state index is 10.8. The van der Waals surface area contributed by atoms with Crippen molar-refractivity contribution in [3.05, 3.63) is 29.6 Å². The monoisotopic (exact) mass is 307 g/mol. The van der Waals surface area contributed by atoms with Gasteiger partial charge in [0.2, 0.25) is 0 Å². The molecule has 2 aromatic rings. The number of aromatic nitrogens is 3. The van der Waals surface area contributed by atoms with Crippen LogP contribution in [0.3, 0.4) is 0 Å². The van der Waals surface area contributed by atoms with Crippen molar-refractivity contribution in [3.63, 3.8) is 0 Å². The normalized spacial score (nSPS) is 10.6. The van der Waals surface area contributed by atoms with Gasteiger partial charge in [-0.2, -0.15) is 0 Å². The second-order valence-electron chi connectivity index (χ2n) is 4.45. The first-order valence-electron chi connectivity index (χ1n) is 6.50. The minimum atomic E-state index is -0.885. The fourth-order valence-electron chi connectivity index (χ4n) is 1.97. The van der Waals surface area contributed by atoms with Crippen LogP contribution in [0.2, 0.25) is 0 Å². The molecular formula is C14H17N3O3S. The number of methoxy groups -OCH3 is 1. The SMILES string of the molecule is CCc1nnc(SCC(=O)O)n1-c1cc(C)ccc1OC. The molecule has 21 heavy (non-hydrogen) atoms. The lowest BCUT2D eigenvalue weighted by Crippen LogP contribution is -2.06. The zero-order valence-corrected chi connectivity index (χ0v) is 13.0. The van der Waals surface area contributed by atoms with Gasteiger partial charge in [-0.25, -0.2) is 0 Å². The summed E-state index contributed by atoms with van der Waals surface area (Å²) in [5.41, 5.74) is 1.91. The van der Waals surface area contributed by atoms with E-state index in [1.165, 1.54) is 0 Å². The summed E-state index contributed by atoms with van der Waals surface area (Å²) in [6.45, 7) is 3.97. The maximum Gasteiger partial charge on any atom is 0.313 e. The quantitative estimate of drug-likeness (QED) is 0.825. The van der Waals surface area contributed by atoms with E-state index < -0.39 is 5.97 Å². The average Bonchev–Trinajstić information content (AvgIpc) is 2.87. The van der Waals surface area contributed by atoms with E-state index in [1.54, 1.807) is 7.11 Å². The van der Waals surface area contributed by atoms with Crippen molar-refractivity contribution in [1.82, 2.24) is 14.8 Å². The summed E-state index contributed by atoms with van der Waals surface area (Å²) in [6.07, 6.45) is 0.692. The van der Waals surface area contributed by atoms with Crippen LogP contribution in [-0.4, -0.2) is 38.7 Å². The molecule has 1 N–H and O–H groups in total. The zero-order chi connectivity index (χ0) is 15.4. The fourth-order valence-corrected chi connectivity index (χ4v) is 2.65. The molecular weight excluding hydrogens is 290 g/mol. The van der Waals surface area contributed by atoms with Gasteiger partial charge in [0.05, 0.1) is 18.6 Å². The van der Waals surface area contributed by atoms with Crippen LogP contribution in [0.25, 0.3) is 5.69 Å². The summed E-state index contributed by atoms with van der Waals surface area (Å²) >= 11 is 1.15. The number of carbonyl (C=O) groups is 1. The van der Waals surface area contributed by atoms with Crippen LogP contribution in [0.1, 0.15) is 18.3 Å². The summed E-state index contributed by atoms with van der Waals surface area (Å²) in [5.74, 6) is 0.526. The highest BCUT2D eigenvalue weighted by Gasteiger charge is 2.17. The van der Waals surface area contributed by atoms with Gasteiger partial charge in [0.1, 0.15) is 11.6 Å². The maximum absolute atomic E-state index is 10.8. The molecule has 1 aromatic carbocycles. The topological polar surface area (TPSA) is 77.2 Å². The van der Waals surface area contributed by atoms with Gasteiger partial charge in [0.15, 0.2) is 5.16 Å². The van der Waals surface area contributed by atoms with Crippen molar-refractivity contribution in [3.8, 4) is 11.4 Å². The van der Waals surface area contributed by atoms with Crippen molar-refractivity contribution >= 4 is 17.7 Å². The number of rotatable bonds is 6. The Morgan fingerprint density at radius 1 is 1.43 bits per heavy atom. The number of hydrogen-bond donors (Lipinski definition) is 1. The third kappa shape index (κ3) is 3.36. The number of hydrogen-bond acceptors (Lipinski definition) is 5. The molecule has 0 saturated heterocycles. The van der Waals surface area contributed by atoms with Crippen LogP contribution in [0.5, 0.6) is 5.75 Å². The molecule has 0 radical (unpaired) electrons. The number of nitrogens with zero attached hydrogens (tertiary/aromatic N) is 3. The lowest BCUT2D eigenvalue weighted by atomic mass is 10.2. The minimum Gasteiger partial charge on any atom is -0.495 e. The zero-order valence-electron chi connectivity index (χ0n) is 12.2. The number of benzene rings is 1. The number of carboxylic acid groups (broad SMARTS) is 1. The molecule has 0 aliphatic heterocycles. The molecule has 112 valence electrons. The minimum absolute atomic E-state index is 0.0595. The molecule has 0 atom stereocenters. The fraction of sp³-hybridized carbons (Fsp3) is 0.357. The van der Waals surface area contributed by atoms with Crippen molar-refractivity contribution in [1.29, 1.82) is 0 Å². The van der Waals surface area contributed by atoms with Gasteiger partial charge in [0.25, 0.3) is 0 Å². The Morgan fingerprint density at radius 3 is 2.81 bits per heavy atom. The molecule has 1 heterocycles. The first-order chi connectivity index (χ1) is 10.1. The van der Waals surface area contributed by atoms with Gasteiger partial charge in [-0.05, 0) is 24.6 Å². The molecule has 0 amide bonds. The number of carboxylic acids is 1. The van der Waals surface area contributed by atoms with Crippen LogP contribution < -0.4 is 4.74 Å². The molecule has 0 unspecified atom stereocenters. The first kappa shape index (κ1) is 15.4. The predicted molar refractivity (Wildman–Crippen MR) is 80.4 cm³/mol. The Bertz CT molecular complexity index is 655. The molecule has 0 saturated carbocycles. The van der Waals surface area contributed by atoms with Crippen LogP contribution in [0.15, 0.2) is 23.4 Å². The van der Waals surface area contributed by atoms with Crippen molar-refractivity contribution in [2.75, 3.05) is 12.9 Å². The third-order valence-corrected chi connectivity index (χ3v) is 3.83. The summed E-state index contributed by atoms with van der Waals surface area (Å²) < 4.78 is 7.26. The summed E-state index contributed by atoms with van der Waals surface area (Å²) in [7, 11) is 1.61. The Kier molecular flexibility index (Phi) is 4.85. The Balaban J connectivity index is 2.53. The van der Waals surface area contributed by atoms with E-state index in [0.717, 1.165) is 28.8 Å². The van der Waals surface area contributed by atoms with Gasteiger partial charge in [0, 0.05) is 6.42 Å². The van der Waals surface area contributed by atoms with Crippen LogP contribution >= 0.6 is 11.8 Å². The molecule has 1 aromatic heterocycles. The Hall–Kier alpha value is -2.02. The van der Waals surface area contributed by atoms with Crippen molar-refractivity contribution in [2.45, 2.75) is 25.4 Å². The molecule has 7 heteroatoms. The highest BCUT2D eigenvalue weighted by Crippen LogP contribution is 2.29. The van der Waals surface area contributed by atoms with Crippen molar-refractivity contribution < 1.29 is 14.6 Å². The summed E-state index contributed by atoms with van der Waals surface area (Å²) in [5, 5.41) is 17.6. The first-order valence-corrected chi connectivity index (χ1v) is 7.49. The number of aryl methyl sites for hydroxylation is 2. The van der Waals surface area contributed by atoms with Gasteiger partial charge in [-0.1, -0.05) is 24.8 Å². The van der Waals surface area contributed by atoms with Gasteiger partial charge < -0.3 is 9.84 Å². The Labute approximate surface area is 127 Å². The average molecular weight is 307 g/mol. The van der Waals surface area contributed by atoms with Gasteiger partial charge in [-0.3, -0.25) is 9.36 Å². The summed E-state index contributed by atoms with van der Waals surface area (Å²) in [6, 6.07) is 5.82. The molecule has 0 fully saturated rings. The van der Waals surface area contributed by atoms with E-state index >= 15 is 0 Å². The molecule has 0 aliphatic carbocycles. The highest BCUT2D eigenvalue weighted by molar-refractivity contribution is 7.99. The highest BCUT2D eigenvalue weighted by atomic mass is 32.2. The van der Waals surface area contributed by atoms with Gasteiger partial charge >= 0.3 is 5.97 Å². The molecule has 0 aliphatic rings. The third-order valence-electron chi connectivity index (χ3n) is 2.92. The van der Waals surface area contributed by atoms with E-state index in [0.29, 0.717) is 17.3 Å². The van der Waals surface area contributed by atoms with E-state index in [-0.39, 0.29) is 5.75 Å². The second kappa shape index (κ2) is 6.62.